The predicted molar refractivity (Wildman–Crippen MR) is 90.0 cm³/mol. The first-order valence-corrected chi connectivity index (χ1v) is 7.33. The number of amides is 1. The average molecular weight is 365 g/mol. The van der Waals surface area contributed by atoms with Crippen LogP contribution in [0.3, 0.4) is 0 Å². The Bertz CT molecular complexity index is 807. The first-order chi connectivity index (χ1) is 11.9. The Morgan fingerprint density at radius 1 is 1.20 bits per heavy atom. The quantitative estimate of drug-likeness (QED) is 0.479. The fourth-order valence-corrected chi connectivity index (χ4v) is 2.12. The van der Waals surface area contributed by atoms with E-state index in [1.165, 1.54) is 13.2 Å². The number of carbonyl (C=O) groups excluding carboxylic acids is 2. The number of hydrogen-bond donors (Lipinski definition) is 1. The van der Waals surface area contributed by atoms with Crippen molar-refractivity contribution in [1.82, 2.24) is 0 Å². The molecule has 0 aliphatic heterocycles. The summed E-state index contributed by atoms with van der Waals surface area (Å²) in [6, 6.07) is 9.92. The predicted octanol–water partition coefficient (Wildman–Crippen LogP) is 3.05. The van der Waals surface area contributed by atoms with Crippen LogP contribution < -0.4 is 10.1 Å². The average Bonchev–Trinajstić information content (AvgIpc) is 2.60. The van der Waals surface area contributed by atoms with Gasteiger partial charge in [-0.1, -0.05) is 11.6 Å². The van der Waals surface area contributed by atoms with Crippen molar-refractivity contribution < 1.29 is 24.0 Å². The second-order valence-electron chi connectivity index (χ2n) is 4.77. The summed E-state index contributed by atoms with van der Waals surface area (Å²) < 4.78 is 9.86. The number of nitro groups is 1. The molecule has 130 valence electrons. The Hall–Kier alpha value is -3.13. The topological polar surface area (TPSA) is 108 Å². The molecule has 9 heteroatoms. The lowest BCUT2D eigenvalue weighted by molar-refractivity contribution is -0.384. The maximum absolute atomic E-state index is 11.9. The van der Waals surface area contributed by atoms with Crippen molar-refractivity contribution in [2.24, 2.45) is 0 Å². The number of halogens is 1. The summed E-state index contributed by atoms with van der Waals surface area (Å²) in [7, 11) is 1.52. The Morgan fingerprint density at radius 3 is 2.44 bits per heavy atom. The molecule has 1 amide bonds. The van der Waals surface area contributed by atoms with Crippen molar-refractivity contribution >= 4 is 34.9 Å². The van der Waals surface area contributed by atoms with Crippen molar-refractivity contribution in [3.8, 4) is 5.75 Å². The van der Waals surface area contributed by atoms with Gasteiger partial charge in [-0.25, -0.2) is 4.79 Å². The fraction of sp³-hybridized carbons (Fsp3) is 0.125. The summed E-state index contributed by atoms with van der Waals surface area (Å²) >= 11 is 5.82. The minimum absolute atomic E-state index is 0.0653. The molecule has 0 saturated carbocycles. The molecule has 0 aliphatic carbocycles. The molecule has 0 saturated heterocycles. The maximum Gasteiger partial charge on any atom is 0.340 e. The zero-order chi connectivity index (χ0) is 18.4. The van der Waals surface area contributed by atoms with Crippen LogP contribution in [0.5, 0.6) is 5.75 Å². The van der Waals surface area contributed by atoms with Gasteiger partial charge < -0.3 is 14.8 Å². The van der Waals surface area contributed by atoms with Gasteiger partial charge in [0, 0.05) is 17.8 Å². The van der Waals surface area contributed by atoms with Gasteiger partial charge in [-0.3, -0.25) is 14.9 Å². The van der Waals surface area contributed by atoms with E-state index in [-0.39, 0.29) is 16.3 Å². The number of ether oxygens (including phenoxy) is 2. The van der Waals surface area contributed by atoms with Gasteiger partial charge in [0.25, 0.3) is 11.6 Å². The molecule has 8 nitrogen and oxygen atoms in total. The van der Waals surface area contributed by atoms with Gasteiger partial charge in [0.1, 0.15) is 5.75 Å². The van der Waals surface area contributed by atoms with Crippen LogP contribution in [0.15, 0.2) is 42.5 Å². The van der Waals surface area contributed by atoms with Gasteiger partial charge in [-0.2, -0.15) is 0 Å². The number of nitrogens with one attached hydrogen (secondary N) is 1. The monoisotopic (exact) mass is 364 g/mol. The molecule has 0 fully saturated rings. The molecule has 0 heterocycles. The van der Waals surface area contributed by atoms with Crippen molar-refractivity contribution in [3.63, 3.8) is 0 Å². The summed E-state index contributed by atoms with van der Waals surface area (Å²) in [4.78, 5) is 33.7. The molecular formula is C16H13ClN2O6. The molecule has 0 aromatic heterocycles. The second-order valence-corrected chi connectivity index (χ2v) is 5.18. The van der Waals surface area contributed by atoms with E-state index in [0.717, 1.165) is 12.1 Å². The van der Waals surface area contributed by atoms with E-state index in [1.807, 2.05) is 0 Å². The van der Waals surface area contributed by atoms with Gasteiger partial charge in [0.05, 0.1) is 22.6 Å². The van der Waals surface area contributed by atoms with Crippen LogP contribution >= 0.6 is 11.6 Å². The minimum atomic E-state index is -0.857. The molecule has 0 atom stereocenters. The van der Waals surface area contributed by atoms with E-state index in [9.17, 15) is 19.7 Å². The fourth-order valence-electron chi connectivity index (χ4n) is 1.86. The van der Waals surface area contributed by atoms with Crippen molar-refractivity contribution in [3.05, 3.63) is 63.2 Å². The van der Waals surface area contributed by atoms with E-state index in [0.29, 0.717) is 11.4 Å². The zero-order valence-corrected chi connectivity index (χ0v) is 13.8. The van der Waals surface area contributed by atoms with E-state index < -0.39 is 23.4 Å². The highest BCUT2D eigenvalue weighted by Crippen LogP contribution is 2.23. The maximum atomic E-state index is 11.9. The molecule has 0 radical (unpaired) electrons. The summed E-state index contributed by atoms with van der Waals surface area (Å²) in [5.41, 5.74) is 0.193. The summed E-state index contributed by atoms with van der Waals surface area (Å²) in [6.07, 6.45) is 0. The van der Waals surface area contributed by atoms with Gasteiger partial charge in [0.15, 0.2) is 6.61 Å². The minimum Gasteiger partial charge on any atom is -0.497 e. The van der Waals surface area contributed by atoms with Crippen LogP contribution in [-0.4, -0.2) is 30.5 Å². The molecule has 0 unspecified atom stereocenters. The Balaban J connectivity index is 1.92. The number of hydrogen-bond acceptors (Lipinski definition) is 6. The lowest BCUT2D eigenvalue weighted by Gasteiger charge is -2.08. The van der Waals surface area contributed by atoms with E-state index in [4.69, 9.17) is 21.1 Å². The zero-order valence-electron chi connectivity index (χ0n) is 13.0. The Labute approximate surface area is 147 Å². The highest BCUT2D eigenvalue weighted by molar-refractivity contribution is 6.33. The third kappa shape index (κ3) is 4.92. The van der Waals surface area contributed by atoms with Gasteiger partial charge >= 0.3 is 5.97 Å². The van der Waals surface area contributed by atoms with Crippen LogP contribution in [0, 0.1) is 10.1 Å². The standard InChI is InChI=1S/C16H13ClN2O6/c1-24-12-5-2-10(3-6-12)18-15(20)9-25-16(21)13-7-4-11(19(22)23)8-14(13)17/h2-8H,9H2,1H3,(H,18,20). The lowest BCUT2D eigenvalue weighted by Crippen LogP contribution is -2.21. The number of non-ortho nitro benzene ring substituents is 1. The SMILES string of the molecule is COc1ccc(NC(=O)COC(=O)c2ccc([N+](=O)[O-])cc2Cl)cc1. The molecule has 2 aromatic rings. The van der Waals surface area contributed by atoms with Crippen molar-refractivity contribution in [2.45, 2.75) is 0 Å². The van der Waals surface area contributed by atoms with Crippen molar-refractivity contribution in [2.75, 3.05) is 19.0 Å². The van der Waals surface area contributed by atoms with E-state index in [1.54, 1.807) is 24.3 Å². The van der Waals surface area contributed by atoms with Crippen LogP contribution in [0.1, 0.15) is 10.4 Å². The summed E-state index contributed by atoms with van der Waals surface area (Å²) in [5, 5.41) is 13.0. The number of carbonyl (C=O) groups is 2. The number of nitro benzene ring substituents is 1. The summed E-state index contributed by atoms with van der Waals surface area (Å²) in [6.45, 7) is -0.530. The smallest absolute Gasteiger partial charge is 0.340 e. The Morgan fingerprint density at radius 2 is 1.88 bits per heavy atom. The van der Waals surface area contributed by atoms with Crippen LogP contribution in [0.2, 0.25) is 5.02 Å². The number of benzene rings is 2. The van der Waals surface area contributed by atoms with Gasteiger partial charge in [-0.15, -0.1) is 0 Å². The number of nitrogens with zero attached hydrogens (tertiary/aromatic N) is 1. The summed E-state index contributed by atoms with van der Waals surface area (Å²) in [5.74, 6) is -0.765. The Kier molecular flexibility index (Phi) is 5.91. The molecule has 0 bridgehead atoms. The first kappa shape index (κ1) is 18.2. The van der Waals surface area contributed by atoms with E-state index >= 15 is 0 Å². The third-order valence-electron chi connectivity index (χ3n) is 3.09. The van der Waals surface area contributed by atoms with Crippen molar-refractivity contribution in [1.29, 1.82) is 0 Å². The van der Waals surface area contributed by atoms with Crippen LogP contribution in [0.4, 0.5) is 11.4 Å². The molecule has 1 N–H and O–H groups in total. The normalized spacial score (nSPS) is 10.0. The van der Waals surface area contributed by atoms with E-state index in [2.05, 4.69) is 5.32 Å². The first-order valence-electron chi connectivity index (χ1n) is 6.95. The van der Waals surface area contributed by atoms with Gasteiger partial charge in [-0.05, 0) is 30.3 Å². The molecule has 0 aliphatic rings. The lowest BCUT2D eigenvalue weighted by atomic mass is 10.2. The largest absolute Gasteiger partial charge is 0.497 e. The number of rotatable bonds is 6. The third-order valence-corrected chi connectivity index (χ3v) is 3.40. The number of anilines is 1. The molecular weight excluding hydrogens is 352 g/mol. The molecule has 25 heavy (non-hydrogen) atoms. The second kappa shape index (κ2) is 8.11. The highest BCUT2D eigenvalue weighted by atomic mass is 35.5. The van der Waals surface area contributed by atoms with Gasteiger partial charge in [0.2, 0.25) is 0 Å². The molecule has 0 spiro atoms. The van der Waals surface area contributed by atoms with Crippen LogP contribution in [0.25, 0.3) is 0 Å². The number of methoxy groups -OCH3 is 1. The molecule has 2 aromatic carbocycles. The van der Waals surface area contributed by atoms with Crippen LogP contribution in [-0.2, 0) is 9.53 Å². The molecule has 2 rings (SSSR count). The highest BCUT2D eigenvalue weighted by Gasteiger charge is 2.17. The number of esters is 1.